The fourth-order valence-electron chi connectivity index (χ4n) is 1.09. The van der Waals surface area contributed by atoms with Crippen LogP contribution in [0.4, 0.5) is 0 Å². The molecule has 0 radical (unpaired) electrons. The van der Waals surface area contributed by atoms with Crippen LogP contribution < -0.4 is 0 Å². The van der Waals surface area contributed by atoms with Crippen LogP contribution in [0.15, 0.2) is 35.2 Å². The van der Waals surface area contributed by atoms with Crippen molar-refractivity contribution < 1.29 is 14.4 Å². The second-order valence-corrected chi connectivity index (χ2v) is 2.43. The second-order valence-electron chi connectivity index (χ2n) is 2.43. The molecule has 13 heavy (non-hydrogen) atoms. The minimum atomic E-state index is -0.993. The second kappa shape index (κ2) is 2.78. The van der Waals surface area contributed by atoms with Gasteiger partial charge in [0.1, 0.15) is 12.0 Å². The zero-order valence-corrected chi connectivity index (χ0v) is 6.54. The van der Waals surface area contributed by atoms with Crippen LogP contribution in [0.1, 0.15) is 10.5 Å². The molecule has 0 saturated carbocycles. The average molecular weight is 178 g/mol. The molecule has 5 nitrogen and oxygen atoms in total. The molecule has 0 amide bonds. The van der Waals surface area contributed by atoms with Crippen molar-refractivity contribution in [3.05, 3.63) is 36.4 Å². The zero-order chi connectivity index (χ0) is 9.26. The van der Waals surface area contributed by atoms with Crippen molar-refractivity contribution in [2.75, 3.05) is 0 Å². The van der Waals surface area contributed by atoms with Gasteiger partial charge in [0.15, 0.2) is 5.82 Å². The highest BCUT2D eigenvalue weighted by atomic mass is 16.5. The molecule has 0 spiro atoms. The molecule has 0 atom stereocenters. The molecule has 66 valence electrons. The summed E-state index contributed by atoms with van der Waals surface area (Å²) >= 11 is 0. The summed E-state index contributed by atoms with van der Waals surface area (Å²) < 4.78 is 6.05. The molecular weight excluding hydrogens is 172 g/mol. The predicted molar refractivity (Wildman–Crippen MR) is 42.8 cm³/mol. The van der Waals surface area contributed by atoms with Gasteiger partial charge in [-0.15, -0.1) is 0 Å². The Hall–Kier alpha value is -2.04. The van der Waals surface area contributed by atoms with Crippen LogP contribution in [0.3, 0.4) is 0 Å². The van der Waals surface area contributed by atoms with Crippen molar-refractivity contribution in [1.29, 1.82) is 0 Å². The monoisotopic (exact) mass is 178 g/mol. The van der Waals surface area contributed by atoms with Crippen molar-refractivity contribution in [1.82, 2.24) is 9.72 Å². The van der Waals surface area contributed by atoms with Gasteiger partial charge in [-0.2, -0.15) is 0 Å². The van der Waals surface area contributed by atoms with Crippen molar-refractivity contribution in [2.24, 2.45) is 0 Å². The molecule has 0 bridgehead atoms. The minimum absolute atomic E-state index is 0.161. The van der Waals surface area contributed by atoms with E-state index in [2.05, 4.69) is 9.68 Å². The van der Waals surface area contributed by atoms with Crippen molar-refractivity contribution in [3.8, 4) is 5.82 Å². The Kier molecular flexibility index (Phi) is 1.63. The Bertz CT molecular complexity index is 416. The topological polar surface area (TPSA) is 68.3 Å². The summed E-state index contributed by atoms with van der Waals surface area (Å²) in [5.74, 6) is -0.532. The molecule has 2 rings (SSSR count). The van der Waals surface area contributed by atoms with E-state index in [9.17, 15) is 4.79 Å². The third kappa shape index (κ3) is 1.20. The Morgan fingerprint density at radius 1 is 1.54 bits per heavy atom. The van der Waals surface area contributed by atoms with E-state index in [0.29, 0.717) is 5.82 Å². The van der Waals surface area contributed by atoms with Crippen LogP contribution in [-0.4, -0.2) is 20.8 Å². The van der Waals surface area contributed by atoms with Crippen LogP contribution in [0.25, 0.3) is 5.82 Å². The standard InChI is InChI=1S/C8H6N2O3/c11-8(12)6-2-1-4-10(6)7-3-5-13-9-7/h1-5H,(H,11,12). The van der Waals surface area contributed by atoms with Gasteiger partial charge in [-0.05, 0) is 12.1 Å². The normalized spacial score (nSPS) is 10.2. The Morgan fingerprint density at radius 2 is 2.38 bits per heavy atom. The van der Waals surface area contributed by atoms with E-state index in [1.54, 1.807) is 18.3 Å². The van der Waals surface area contributed by atoms with Crippen LogP contribution in [0, 0.1) is 0 Å². The first-order valence-electron chi connectivity index (χ1n) is 3.60. The molecule has 0 unspecified atom stereocenters. The summed E-state index contributed by atoms with van der Waals surface area (Å²) in [6, 6.07) is 4.72. The van der Waals surface area contributed by atoms with Gasteiger partial charge < -0.3 is 9.63 Å². The summed E-state index contributed by atoms with van der Waals surface area (Å²) in [4.78, 5) is 10.7. The lowest BCUT2D eigenvalue weighted by Gasteiger charge is -1.98. The van der Waals surface area contributed by atoms with Gasteiger partial charge in [0.05, 0.1) is 0 Å². The number of rotatable bonds is 2. The summed E-state index contributed by atoms with van der Waals surface area (Å²) in [5.41, 5.74) is 0.161. The van der Waals surface area contributed by atoms with Crippen molar-refractivity contribution in [3.63, 3.8) is 0 Å². The van der Waals surface area contributed by atoms with E-state index in [-0.39, 0.29) is 5.69 Å². The van der Waals surface area contributed by atoms with Crippen LogP contribution in [0.5, 0.6) is 0 Å². The molecule has 5 heteroatoms. The predicted octanol–water partition coefficient (Wildman–Crippen LogP) is 1.16. The summed E-state index contributed by atoms with van der Waals surface area (Å²) in [7, 11) is 0. The fourth-order valence-corrected chi connectivity index (χ4v) is 1.09. The lowest BCUT2D eigenvalue weighted by atomic mass is 10.4. The molecule has 2 aromatic rings. The lowest BCUT2D eigenvalue weighted by Crippen LogP contribution is -2.05. The molecule has 0 aliphatic carbocycles. The molecule has 0 fully saturated rings. The lowest BCUT2D eigenvalue weighted by molar-refractivity contribution is 0.0688. The third-order valence-corrected chi connectivity index (χ3v) is 1.64. The summed E-state index contributed by atoms with van der Waals surface area (Å²) in [6.07, 6.45) is 3.00. The van der Waals surface area contributed by atoms with Gasteiger partial charge in [0.2, 0.25) is 0 Å². The Balaban J connectivity index is 2.52. The molecule has 1 N–H and O–H groups in total. The smallest absolute Gasteiger partial charge is 0.352 e. The number of hydrogen-bond donors (Lipinski definition) is 1. The van der Waals surface area contributed by atoms with Gasteiger partial charge >= 0.3 is 5.97 Å². The minimum Gasteiger partial charge on any atom is -0.477 e. The first-order chi connectivity index (χ1) is 6.29. The van der Waals surface area contributed by atoms with Gasteiger partial charge in [0, 0.05) is 12.3 Å². The van der Waals surface area contributed by atoms with Gasteiger partial charge in [-0.25, -0.2) is 4.79 Å². The molecule has 0 aromatic carbocycles. The molecule has 2 aromatic heterocycles. The highest BCUT2D eigenvalue weighted by Crippen LogP contribution is 2.09. The average Bonchev–Trinajstić information content (AvgIpc) is 2.74. The first kappa shape index (κ1) is 7.60. The van der Waals surface area contributed by atoms with E-state index in [1.165, 1.54) is 16.9 Å². The van der Waals surface area contributed by atoms with E-state index >= 15 is 0 Å². The van der Waals surface area contributed by atoms with Crippen molar-refractivity contribution in [2.45, 2.75) is 0 Å². The number of aromatic carboxylic acids is 1. The maximum atomic E-state index is 10.7. The van der Waals surface area contributed by atoms with Crippen LogP contribution in [0.2, 0.25) is 0 Å². The van der Waals surface area contributed by atoms with Crippen molar-refractivity contribution >= 4 is 5.97 Å². The molecule has 2 heterocycles. The van der Waals surface area contributed by atoms with E-state index in [4.69, 9.17) is 5.11 Å². The molecular formula is C8H6N2O3. The number of nitrogens with zero attached hydrogens (tertiary/aromatic N) is 2. The number of carbonyl (C=O) groups is 1. The third-order valence-electron chi connectivity index (χ3n) is 1.64. The SMILES string of the molecule is O=C(O)c1cccn1-c1ccon1. The first-order valence-corrected chi connectivity index (χ1v) is 3.60. The van der Waals surface area contributed by atoms with Gasteiger partial charge in [0.25, 0.3) is 0 Å². The maximum absolute atomic E-state index is 10.7. The quantitative estimate of drug-likeness (QED) is 0.749. The summed E-state index contributed by atoms with van der Waals surface area (Å²) in [6.45, 7) is 0. The van der Waals surface area contributed by atoms with E-state index in [1.807, 2.05) is 0 Å². The Labute approximate surface area is 73.2 Å². The van der Waals surface area contributed by atoms with E-state index < -0.39 is 5.97 Å². The number of carboxylic acids is 1. The Morgan fingerprint density at radius 3 is 3.00 bits per heavy atom. The molecule has 0 aliphatic heterocycles. The fraction of sp³-hybridized carbons (Fsp3) is 0. The molecule has 0 saturated heterocycles. The van der Waals surface area contributed by atoms with E-state index in [0.717, 1.165) is 0 Å². The van der Waals surface area contributed by atoms with Gasteiger partial charge in [-0.1, -0.05) is 5.16 Å². The molecule has 0 aliphatic rings. The maximum Gasteiger partial charge on any atom is 0.352 e. The highest BCUT2D eigenvalue weighted by molar-refractivity contribution is 5.86. The van der Waals surface area contributed by atoms with Gasteiger partial charge in [-0.3, -0.25) is 4.57 Å². The summed E-state index contributed by atoms with van der Waals surface area (Å²) in [5, 5.41) is 12.4. The zero-order valence-electron chi connectivity index (χ0n) is 6.54. The number of aromatic nitrogens is 2. The number of carboxylic acid groups (broad SMARTS) is 1. The van der Waals surface area contributed by atoms with Crippen LogP contribution in [-0.2, 0) is 0 Å². The highest BCUT2D eigenvalue weighted by Gasteiger charge is 2.11. The number of hydrogen-bond acceptors (Lipinski definition) is 3. The van der Waals surface area contributed by atoms with Crippen LogP contribution >= 0.6 is 0 Å². The largest absolute Gasteiger partial charge is 0.477 e.